The van der Waals surface area contributed by atoms with Crippen LogP contribution in [0.3, 0.4) is 0 Å². The molecule has 336 valence electrons. The summed E-state index contributed by atoms with van der Waals surface area (Å²) < 4.78 is 178. The highest BCUT2D eigenvalue weighted by Crippen LogP contribution is 2.54. The second-order valence-corrected chi connectivity index (χ2v) is 13.3. The van der Waals surface area contributed by atoms with Gasteiger partial charge in [-0.15, -0.1) is 13.2 Å². The molecular formula is C38H74F14O2. The van der Waals surface area contributed by atoms with Crippen molar-refractivity contribution in [1.29, 1.82) is 0 Å². The molecule has 0 aliphatic heterocycles. The van der Waals surface area contributed by atoms with Gasteiger partial charge in [0.25, 0.3) is 5.85 Å². The van der Waals surface area contributed by atoms with Gasteiger partial charge in [0.1, 0.15) is 0 Å². The molecule has 0 aromatic rings. The Morgan fingerprint density at radius 1 is 0.463 bits per heavy atom. The molecule has 0 aliphatic carbocycles. The molecule has 0 spiro atoms. The van der Waals surface area contributed by atoms with E-state index in [2.05, 4.69) is 60.1 Å². The van der Waals surface area contributed by atoms with Crippen molar-refractivity contribution in [3.63, 3.8) is 0 Å². The third-order valence-electron chi connectivity index (χ3n) is 9.07. The van der Waals surface area contributed by atoms with Gasteiger partial charge in [0.2, 0.25) is 5.92 Å². The van der Waals surface area contributed by atoms with E-state index in [0.29, 0.717) is 11.5 Å². The highest BCUT2D eigenvalue weighted by Gasteiger charge is 2.68. The Bertz CT molecular complexity index is 772. The molecular weight excluding hydrogens is 754 g/mol. The topological polar surface area (TPSA) is 18.5 Å². The molecule has 0 rings (SSSR count). The summed E-state index contributed by atoms with van der Waals surface area (Å²) in [6.07, 6.45) is -9.29. The number of methoxy groups -OCH3 is 1. The Labute approximate surface area is 318 Å². The van der Waals surface area contributed by atoms with Crippen LogP contribution in [0, 0.1) is 10.8 Å². The van der Waals surface area contributed by atoms with Crippen LogP contribution in [0.15, 0.2) is 0 Å². The Kier molecular flexibility index (Phi) is 37.2. The zero-order valence-corrected chi connectivity index (χ0v) is 35.6. The molecule has 0 saturated carbocycles. The third-order valence-corrected chi connectivity index (χ3v) is 9.07. The molecule has 0 heterocycles. The summed E-state index contributed by atoms with van der Waals surface area (Å²) in [6.45, 7) is 24.3. The number of unbranched alkanes of at least 4 members (excludes halogenated alkanes) is 2. The summed E-state index contributed by atoms with van der Waals surface area (Å²) in [4.78, 5) is 0. The van der Waals surface area contributed by atoms with Gasteiger partial charge >= 0.3 is 24.6 Å². The minimum absolute atomic E-state index is 0.0382. The maximum Gasteiger partial charge on any atom is 0.525 e. The quantitative estimate of drug-likeness (QED) is 0.144. The van der Waals surface area contributed by atoms with Crippen LogP contribution in [0.2, 0.25) is 0 Å². The second-order valence-electron chi connectivity index (χ2n) is 13.3. The average Bonchev–Trinajstić information content (AvgIpc) is 3.07. The maximum atomic E-state index is 13.1. The minimum atomic E-state index is -5.41. The van der Waals surface area contributed by atoms with E-state index in [1.54, 1.807) is 7.11 Å². The number of rotatable bonds is 16. The lowest BCUT2D eigenvalue weighted by Crippen LogP contribution is -2.49. The smallest absolute Gasteiger partial charge is 0.381 e. The molecule has 0 aromatic heterocycles. The van der Waals surface area contributed by atoms with Gasteiger partial charge in [-0.3, -0.25) is 0 Å². The SMILES string of the molecule is CCC(C)(C)CC.CCC(CC)(C(F)(F)F)C(F)(F)F.CCC(F)(F)C(F)(CC)OC(F)(F)F.CCC(F)(F)CC.CCCC(CC)OC.CCCCC. The molecule has 0 saturated heterocycles. The fraction of sp³-hybridized carbons (Fsp3) is 1.00. The van der Waals surface area contributed by atoms with Crippen LogP contribution in [0.1, 0.15) is 187 Å². The standard InChI is InChI=1S/C7H10F6O.C7H10F6.C7H16O.C7H16.C5H10F2.C5H12/c1-3-5(8,9)6(10,4-2)14-7(11,12)13;1-3-5(4-2,6(8,9)10)7(11,12)13;1-4-6-7(5-2)8-3;1-5-7(3,4)6-2;1-3-5(6,7)4-2;1-3-5-4-2/h3-4H2,1-2H3;3-4H2,1-2H3;7H,4-6H2,1-3H3;5-6H2,1-4H3;3-4H2,1-2H3;3-5H2,1-2H3. The average molecular weight is 829 g/mol. The predicted molar refractivity (Wildman–Crippen MR) is 193 cm³/mol. The van der Waals surface area contributed by atoms with Crippen LogP contribution in [-0.4, -0.2) is 49.6 Å². The van der Waals surface area contributed by atoms with Crippen LogP contribution in [0.4, 0.5) is 61.5 Å². The zero-order chi connectivity index (χ0) is 44.9. The van der Waals surface area contributed by atoms with E-state index in [1.807, 2.05) is 0 Å². The van der Waals surface area contributed by atoms with E-state index >= 15 is 0 Å². The highest BCUT2D eigenvalue weighted by atomic mass is 19.4. The Morgan fingerprint density at radius 3 is 0.907 bits per heavy atom. The van der Waals surface area contributed by atoms with Crippen LogP contribution >= 0.6 is 0 Å². The van der Waals surface area contributed by atoms with E-state index in [0.717, 1.165) is 34.1 Å². The van der Waals surface area contributed by atoms with Gasteiger partial charge in [-0.1, -0.05) is 135 Å². The van der Waals surface area contributed by atoms with E-state index in [9.17, 15) is 61.5 Å². The van der Waals surface area contributed by atoms with Crippen molar-refractivity contribution >= 4 is 0 Å². The summed E-state index contributed by atoms with van der Waals surface area (Å²) >= 11 is 0. The first-order valence-corrected chi connectivity index (χ1v) is 19.1. The molecule has 0 aliphatic rings. The van der Waals surface area contributed by atoms with Crippen molar-refractivity contribution in [2.75, 3.05) is 7.11 Å². The van der Waals surface area contributed by atoms with Gasteiger partial charge in [0.15, 0.2) is 5.41 Å². The van der Waals surface area contributed by atoms with Crippen LogP contribution in [0.25, 0.3) is 0 Å². The summed E-state index contributed by atoms with van der Waals surface area (Å²) in [5.74, 6) is -10.6. The summed E-state index contributed by atoms with van der Waals surface area (Å²) in [7, 11) is 1.78. The van der Waals surface area contributed by atoms with Gasteiger partial charge in [0.05, 0.1) is 6.10 Å². The molecule has 2 atom stereocenters. The second kappa shape index (κ2) is 31.0. The van der Waals surface area contributed by atoms with Crippen LogP contribution in [0.5, 0.6) is 0 Å². The fourth-order valence-electron chi connectivity index (χ4n) is 3.73. The van der Waals surface area contributed by atoms with Crippen molar-refractivity contribution < 1.29 is 70.9 Å². The minimum Gasteiger partial charge on any atom is -0.381 e. The van der Waals surface area contributed by atoms with Gasteiger partial charge in [-0.25, -0.2) is 26.7 Å². The number of hydrogen-bond acceptors (Lipinski definition) is 2. The lowest BCUT2D eigenvalue weighted by Gasteiger charge is -2.35. The molecule has 0 radical (unpaired) electrons. The Hall–Kier alpha value is -1.06. The van der Waals surface area contributed by atoms with Gasteiger partial charge in [-0.2, -0.15) is 26.3 Å². The molecule has 0 amide bonds. The van der Waals surface area contributed by atoms with E-state index < -0.39 is 67.5 Å². The van der Waals surface area contributed by atoms with E-state index in [-0.39, 0.29) is 12.8 Å². The van der Waals surface area contributed by atoms with E-state index in [4.69, 9.17) is 4.74 Å². The first-order chi connectivity index (χ1) is 24.2. The van der Waals surface area contributed by atoms with Gasteiger partial charge in [0, 0.05) is 32.8 Å². The summed E-state index contributed by atoms with van der Waals surface area (Å²) in [5.41, 5.74) is -2.96. The highest BCUT2D eigenvalue weighted by molar-refractivity contribution is 4.91. The van der Waals surface area contributed by atoms with Crippen LogP contribution in [-0.2, 0) is 9.47 Å². The molecule has 0 N–H and O–H groups in total. The predicted octanol–water partition coefficient (Wildman–Crippen LogP) is 17.2. The van der Waals surface area contributed by atoms with Gasteiger partial charge in [-0.05, 0) is 31.1 Å². The monoisotopic (exact) mass is 829 g/mol. The lowest BCUT2D eigenvalue weighted by atomic mass is 9.81. The van der Waals surface area contributed by atoms with Gasteiger partial charge < -0.3 is 4.74 Å². The summed E-state index contributed by atoms with van der Waals surface area (Å²) in [6, 6.07) is 0. The number of hydrogen-bond donors (Lipinski definition) is 0. The lowest BCUT2D eigenvalue weighted by molar-refractivity contribution is -0.429. The van der Waals surface area contributed by atoms with Crippen molar-refractivity contribution in [3.8, 4) is 0 Å². The zero-order valence-electron chi connectivity index (χ0n) is 35.6. The molecule has 54 heavy (non-hydrogen) atoms. The van der Waals surface area contributed by atoms with Crippen molar-refractivity contribution in [3.05, 3.63) is 0 Å². The van der Waals surface area contributed by atoms with Crippen molar-refractivity contribution in [2.24, 2.45) is 10.8 Å². The maximum absolute atomic E-state index is 13.1. The molecule has 0 fully saturated rings. The molecule has 2 nitrogen and oxygen atoms in total. The molecule has 2 unspecified atom stereocenters. The first kappa shape index (κ1) is 64.8. The van der Waals surface area contributed by atoms with Crippen LogP contribution < -0.4 is 0 Å². The number of ether oxygens (including phenoxy) is 2. The third kappa shape index (κ3) is 30.1. The van der Waals surface area contributed by atoms with Crippen molar-refractivity contribution in [1.82, 2.24) is 0 Å². The van der Waals surface area contributed by atoms with E-state index in [1.165, 1.54) is 58.8 Å². The number of alkyl halides is 14. The van der Waals surface area contributed by atoms with Crippen molar-refractivity contribution in [2.45, 2.75) is 229 Å². The first-order valence-electron chi connectivity index (χ1n) is 19.1. The normalized spacial score (nSPS) is 14.2. The number of halogens is 14. The summed E-state index contributed by atoms with van der Waals surface area (Å²) in [5, 5.41) is 0. The molecule has 16 heteroatoms. The largest absolute Gasteiger partial charge is 0.525 e. The molecule has 0 aromatic carbocycles. The molecule has 0 bridgehead atoms. The Morgan fingerprint density at radius 2 is 0.833 bits per heavy atom. The Balaban J connectivity index is -0.000000133. The fourth-order valence-corrected chi connectivity index (χ4v) is 3.73.